The Morgan fingerprint density at radius 1 is 1.40 bits per heavy atom. The van der Waals surface area contributed by atoms with Crippen molar-refractivity contribution in [3.05, 3.63) is 0 Å². The van der Waals surface area contributed by atoms with Gasteiger partial charge in [0.15, 0.2) is 0 Å². The van der Waals surface area contributed by atoms with Gasteiger partial charge in [0.2, 0.25) is 0 Å². The lowest BCUT2D eigenvalue weighted by Crippen LogP contribution is -2.34. The summed E-state index contributed by atoms with van der Waals surface area (Å²) in [6.45, 7) is 5.09. The number of fused-ring (bicyclic) bond motifs is 1. The van der Waals surface area contributed by atoms with Gasteiger partial charge in [-0.05, 0) is 31.2 Å². The van der Waals surface area contributed by atoms with Crippen molar-refractivity contribution in [3.63, 3.8) is 0 Å². The lowest BCUT2D eigenvalue weighted by Gasteiger charge is -2.39. The van der Waals surface area contributed by atoms with Crippen LogP contribution in [0.2, 0.25) is 0 Å². The van der Waals surface area contributed by atoms with Gasteiger partial charge in [-0.1, -0.05) is 13.3 Å². The van der Waals surface area contributed by atoms with E-state index in [1.165, 1.54) is 25.9 Å². The van der Waals surface area contributed by atoms with Crippen LogP contribution in [0.3, 0.4) is 0 Å². The van der Waals surface area contributed by atoms with E-state index >= 15 is 0 Å². The SMILES string of the molecule is CCC1CC2CN(C)CC12. The summed E-state index contributed by atoms with van der Waals surface area (Å²) in [6.07, 6.45) is 2.93. The zero-order valence-corrected chi connectivity index (χ0v) is 7.01. The van der Waals surface area contributed by atoms with Crippen LogP contribution in [0.15, 0.2) is 0 Å². The minimum Gasteiger partial charge on any atom is -0.306 e. The molecule has 2 aliphatic rings. The minimum absolute atomic E-state index is 1.08. The molecule has 1 aliphatic heterocycles. The highest BCUT2D eigenvalue weighted by molar-refractivity contribution is 4.95. The molecule has 0 spiro atoms. The molecule has 1 saturated carbocycles. The average molecular weight is 139 g/mol. The van der Waals surface area contributed by atoms with E-state index < -0.39 is 0 Å². The summed E-state index contributed by atoms with van der Waals surface area (Å²) in [5, 5.41) is 0. The number of hydrogen-bond acceptors (Lipinski definition) is 1. The van der Waals surface area contributed by atoms with Crippen LogP contribution in [0.25, 0.3) is 0 Å². The predicted molar refractivity (Wildman–Crippen MR) is 42.9 cm³/mol. The fraction of sp³-hybridized carbons (Fsp3) is 1.00. The van der Waals surface area contributed by atoms with Crippen LogP contribution in [0.1, 0.15) is 19.8 Å². The molecule has 1 aliphatic carbocycles. The predicted octanol–water partition coefficient (Wildman–Crippen LogP) is 1.59. The Balaban J connectivity index is 1.93. The van der Waals surface area contributed by atoms with E-state index in [1.54, 1.807) is 0 Å². The van der Waals surface area contributed by atoms with Crippen molar-refractivity contribution >= 4 is 0 Å². The summed E-state index contributed by atoms with van der Waals surface area (Å²) < 4.78 is 0. The molecular weight excluding hydrogens is 122 g/mol. The molecule has 10 heavy (non-hydrogen) atoms. The maximum atomic E-state index is 2.49. The normalized spacial score (nSPS) is 46.8. The fourth-order valence-electron chi connectivity index (χ4n) is 2.74. The Labute approximate surface area is 63.4 Å². The third kappa shape index (κ3) is 0.800. The van der Waals surface area contributed by atoms with Gasteiger partial charge in [0.1, 0.15) is 0 Å². The van der Waals surface area contributed by atoms with Crippen LogP contribution < -0.4 is 0 Å². The first-order valence-electron chi connectivity index (χ1n) is 4.49. The molecule has 58 valence electrons. The lowest BCUT2D eigenvalue weighted by molar-refractivity contribution is 0.118. The average Bonchev–Trinajstić information content (AvgIpc) is 2.15. The molecule has 3 atom stereocenters. The Morgan fingerprint density at radius 3 is 2.80 bits per heavy atom. The third-order valence-corrected chi connectivity index (χ3v) is 3.41. The first-order valence-corrected chi connectivity index (χ1v) is 4.49. The van der Waals surface area contributed by atoms with Gasteiger partial charge in [0.25, 0.3) is 0 Å². The minimum atomic E-state index is 1.08. The molecule has 0 aromatic rings. The Hall–Kier alpha value is -0.0400. The summed E-state index contributed by atoms with van der Waals surface area (Å²) in [4.78, 5) is 2.49. The molecule has 2 rings (SSSR count). The van der Waals surface area contributed by atoms with E-state index in [4.69, 9.17) is 0 Å². The summed E-state index contributed by atoms with van der Waals surface area (Å²) in [6, 6.07) is 0. The van der Waals surface area contributed by atoms with E-state index in [1.807, 2.05) is 0 Å². The molecule has 1 heteroatoms. The van der Waals surface area contributed by atoms with Crippen LogP contribution in [-0.2, 0) is 0 Å². The summed E-state index contributed by atoms with van der Waals surface area (Å²) in [5.41, 5.74) is 0. The monoisotopic (exact) mass is 139 g/mol. The molecule has 1 saturated heterocycles. The molecular formula is C9H17N. The second-order valence-corrected chi connectivity index (χ2v) is 4.05. The smallest absolute Gasteiger partial charge is 0.00125 e. The van der Waals surface area contributed by atoms with Gasteiger partial charge in [0.05, 0.1) is 0 Å². The first kappa shape index (κ1) is 6.66. The molecule has 1 heterocycles. The first-order chi connectivity index (χ1) is 4.81. The second kappa shape index (κ2) is 2.23. The molecule has 0 bridgehead atoms. The van der Waals surface area contributed by atoms with E-state index in [0.29, 0.717) is 0 Å². The Kier molecular flexibility index (Phi) is 1.48. The highest BCUT2D eigenvalue weighted by Gasteiger charge is 2.44. The quantitative estimate of drug-likeness (QED) is 0.533. The van der Waals surface area contributed by atoms with E-state index in [2.05, 4.69) is 18.9 Å². The number of likely N-dealkylation sites (tertiary alicyclic amines) is 1. The van der Waals surface area contributed by atoms with Gasteiger partial charge >= 0.3 is 0 Å². The van der Waals surface area contributed by atoms with Gasteiger partial charge in [-0.15, -0.1) is 0 Å². The van der Waals surface area contributed by atoms with Gasteiger partial charge < -0.3 is 4.90 Å². The lowest BCUT2D eigenvalue weighted by atomic mass is 9.66. The second-order valence-electron chi connectivity index (χ2n) is 4.05. The van der Waals surface area contributed by atoms with Crippen molar-refractivity contribution in [1.29, 1.82) is 0 Å². The van der Waals surface area contributed by atoms with Crippen molar-refractivity contribution in [1.82, 2.24) is 4.90 Å². The van der Waals surface area contributed by atoms with Crippen LogP contribution in [0.5, 0.6) is 0 Å². The number of rotatable bonds is 1. The van der Waals surface area contributed by atoms with Crippen molar-refractivity contribution < 1.29 is 0 Å². The molecule has 2 fully saturated rings. The highest BCUT2D eigenvalue weighted by atomic mass is 15.1. The molecule has 3 unspecified atom stereocenters. The van der Waals surface area contributed by atoms with Gasteiger partial charge in [0, 0.05) is 13.1 Å². The van der Waals surface area contributed by atoms with Gasteiger partial charge in [-0.25, -0.2) is 0 Å². The third-order valence-electron chi connectivity index (χ3n) is 3.41. The zero-order valence-electron chi connectivity index (χ0n) is 7.01. The van der Waals surface area contributed by atoms with Crippen LogP contribution in [0.4, 0.5) is 0 Å². The highest BCUT2D eigenvalue weighted by Crippen LogP contribution is 2.46. The zero-order chi connectivity index (χ0) is 7.14. The van der Waals surface area contributed by atoms with E-state index in [-0.39, 0.29) is 0 Å². The molecule has 0 N–H and O–H groups in total. The topological polar surface area (TPSA) is 3.24 Å². The standard InChI is InChI=1S/C9H17N/c1-3-7-4-8-5-10(2)6-9(7)8/h7-9H,3-6H2,1-2H3. The van der Waals surface area contributed by atoms with Gasteiger partial charge in [-0.3, -0.25) is 0 Å². The Bertz CT molecular complexity index is 129. The molecule has 0 radical (unpaired) electrons. The van der Waals surface area contributed by atoms with Crippen LogP contribution >= 0.6 is 0 Å². The Morgan fingerprint density at radius 2 is 2.20 bits per heavy atom. The summed E-state index contributed by atoms with van der Waals surface area (Å²) >= 11 is 0. The van der Waals surface area contributed by atoms with E-state index in [0.717, 1.165) is 17.8 Å². The molecule has 0 amide bonds. The van der Waals surface area contributed by atoms with Crippen molar-refractivity contribution in [2.75, 3.05) is 20.1 Å². The van der Waals surface area contributed by atoms with Crippen molar-refractivity contribution in [3.8, 4) is 0 Å². The summed E-state index contributed by atoms with van der Waals surface area (Å²) in [5.74, 6) is 3.24. The number of nitrogens with zero attached hydrogens (tertiary/aromatic N) is 1. The maximum Gasteiger partial charge on any atom is 0.00125 e. The van der Waals surface area contributed by atoms with Crippen LogP contribution in [-0.4, -0.2) is 25.0 Å². The van der Waals surface area contributed by atoms with Crippen LogP contribution in [0, 0.1) is 17.8 Å². The number of hydrogen-bond donors (Lipinski definition) is 0. The molecule has 1 nitrogen and oxygen atoms in total. The van der Waals surface area contributed by atoms with Crippen molar-refractivity contribution in [2.45, 2.75) is 19.8 Å². The van der Waals surface area contributed by atoms with Gasteiger partial charge in [-0.2, -0.15) is 0 Å². The maximum absolute atomic E-state index is 2.49. The largest absolute Gasteiger partial charge is 0.306 e. The molecule has 0 aromatic heterocycles. The van der Waals surface area contributed by atoms with E-state index in [9.17, 15) is 0 Å². The summed E-state index contributed by atoms with van der Waals surface area (Å²) in [7, 11) is 2.26. The molecule has 0 aromatic carbocycles. The fourth-order valence-corrected chi connectivity index (χ4v) is 2.74. The van der Waals surface area contributed by atoms with Crippen molar-refractivity contribution in [2.24, 2.45) is 17.8 Å².